The van der Waals surface area contributed by atoms with Crippen molar-refractivity contribution in [1.29, 1.82) is 0 Å². The van der Waals surface area contributed by atoms with Gasteiger partial charge >= 0.3 is 0 Å². The van der Waals surface area contributed by atoms with E-state index < -0.39 is 38.2 Å². The molecule has 0 amide bonds. The minimum absolute atomic E-state index is 0.0195. The molecule has 170 valence electrons. The van der Waals surface area contributed by atoms with Gasteiger partial charge < -0.3 is 9.47 Å². The van der Waals surface area contributed by atoms with Crippen LogP contribution in [-0.4, -0.2) is 48.0 Å². The first-order valence-corrected chi connectivity index (χ1v) is 12.5. The van der Waals surface area contributed by atoms with Crippen molar-refractivity contribution < 1.29 is 34.7 Å². The molecular weight excluding hydrogens is 448 g/mol. The fraction of sp³-hybridized carbons (Fsp3) is 0.429. The molecule has 2 atom stereocenters. The van der Waals surface area contributed by atoms with Gasteiger partial charge in [0.15, 0.2) is 5.79 Å². The smallest absolute Gasteiger partial charge is 0.297 e. The Labute approximate surface area is 183 Å². The monoisotopic (exact) mass is 474 g/mol. The molecular formula is C21H26O8S2. The van der Waals surface area contributed by atoms with Crippen molar-refractivity contribution in [3.8, 4) is 0 Å². The van der Waals surface area contributed by atoms with Crippen LogP contribution in [0.4, 0.5) is 0 Å². The van der Waals surface area contributed by atoms with E-state index in [1.807, 2.05) is 13.8 Å². The number of hydrogen-bond acceptors (Lipinski definition) is 8. The Kier molecular flexibility index (Phi) is 6.90. The highest BCUT2D eigenvalue weighted by atomic mass is 32.2. The van der Waals surface area contributed by atoms with Gasteiger partial charge in [0.2, 0.25) is 0 Å². The number of hydrogen-bond donors (Lipinski definition) is 0. The normalized spacial score (nSPS) is 21.3. The Morgan fingerprint density at radius 2 is 1.03 bits per heavy atom. The van der Waals surface area contributed by atoms with Crippen molar-refractivity contribution in [2.24, 2.45) is 0 Å². The van der Waals surface area contributed by atoms with Gasteiger partial charge in [-0.2, -0.15) is 16.8 Å². The maximum atomic E-state index is 12.5. The highest BCUT2D eigenvalue weighted by Crippen LogP contribution is 2.30. The van der Waals surface area contributed by atoms with Gasteiger partial charge in [0.05, 0.1) is 23.0 Å². The molecule has 2 aromatic carbocycles. The van der Waals surface area contributed by atoms with Crippen molar-refractivity contribution in [2.45, 2.75) is 55.5 Å². The summed E-state index contributed by atoms with van der Waals surface area (Å²) in [6.07, 6.45) is -1.69. The van der Waals surface area contributed by atoms with Gasteiger partial charge in [0.1, 0.15) is 12.2 Å². The fourth-order valence-electron chi connectivity index (χ4n) is 3.05. The van der Waals surface area contributed by atoms with Crippen molar-refractivity contribution in [3.05, 3.63) is 59.7 Å². The number of aryl methyl sites for hydroxylation is 2. The van der Waals surface area contributed by atoms with Crippen molar-refractivity contribution in [1.82, 2.24) is 0 Å². The maximum absolute atomic E-state index is 12.5. The van der Waals surface area contributed by atoms with Gasteiger partial charge in [-0.25, -0.2) is 0 Å². The lowest BCUT2D eigenvalue weighted by atomic mass is 10.2. The molecule has 1 aliphatic heterocycles. The predicted molar refractivity (Wildman–Crippen MR) is 112 cm³/mol. The summed E-state index contributed by atoms with van der Waals surface area (Å²) in [7, 11) is -8.02. The van der Waals surface area contributed by atoms with Gasteiger partial charge in [0.25, 0.3) is 20.2 Å². The van der Waals surface area contributed by atoms with Crippen molar-refractivity contribution >= 4 is 20.2 Å². The van der Waals surface area contributed by atoms with E-state index in [4.69, 9.17) is 17.8 Å². The molecule has 0 radical (unpaired) electrons. The highest BCUT2D eigenvalue weighted by Gasteiger charge is 2.43. The summed E-state index contributed by atoms with van der Waals surface area (Å²) >= 11 is 0. The van der Waals surface area contributed by atoms with Crippen LogP contribution >= 0.6 is 0 Å². The minimum atomic E-state index is -4.01. The van der Waals surface area contributed by atoms with E-state index in [9.17, 15) is 16.8 Å². The average Bonchev–Trinajstić information content (AvgIpc) is 2.99. The van der Waals surface area contributed by atoms with E-state index in [2.05, 4.69) is 0 Å². The predicted octanol–water partition coefficient (Wildman–Crippen LogP) is 2.93. The molecule has 0 saturated carbocycles. The molecule has 0 aliphatic carbocycles. The standard InChI is InChI=1S/C21H26O8S2/c1-15-5-9-17(10-6-15)30(22,23)26-13-19-20(29-21(3,4)28-19)14-27-31(24,25)18-11-7-16(2)8-12-18/h5-12,19-20H,13-14H2,1-4H3/t19-,20+/i13+2,14+2. The van der Waals surface area contributed by atoms with Gasteiger partial charge in [-0.05, 0) is 52.0 Å². The molecule has 31 heavy (non-hydrogen) atoms. The molecule has 1 fully saturated rings. The molecule has 0 aromatic heterocycles. The lowest BCUT2D eigenvalue weighted by Gasteiger charge is -2.17. The van der Waals surface area contributed by atoms with Crippen LogP contribution in [0.2, 0.25) is 0 Å². The molecule has 10 heteroatoms. The molecule has 0 N–H and O–H groups in total. The second kappa shape index (κ2) is 8.97. The van der Waals surface area contributed by atoms with Crippen LogP contribution in [0.25, 0.3) is 0 Å². The van der Waals surface area contributed by atoms with Gasteiger partial charge in [-0.3, -0.25) is 8.37 Å². The zero-order valence-corrected chi connectivity index (χ0v) is 19.4. The van der Waals surface area contributed by atoms with E-state index in [0.717, 1.165) is 11.1 Å². The Morgan fingerprint density at radius 1 is 0.710 bits per heavy atom. The number of benzene rings is 2. The summed E-state index contributed by atoms with van der Waals surface area (Å²) < 4.78 is 71.5. The summed E-state index contributed by atoms with van der Waals surface area (Å²) in [6, 6.07) is 12.5. The van der Waals surface area contributed by atoms with E-state index in [0.29, 0.717) is 0 Å². The average molecular weight is 475 g/mol. The Hall–Kier alpha value is -1.82. The van der Waals surface area contributed by atoms with Crippen molar-refractivity contribution in [3.63, 3.8) is 0 Å². The number of ether oxygens (including phenoxy) is 2. The van der Waals surface area contributed by atoms with Crippen LogP contribution in [0.1, 0.15) is 25.0 Å². The van der Waals surface area contributed by atoms with Crippen LogP contribution < -0.4 is 0 Å². The molecule has 2 aromatic rings. The molecule has 3 rings (SSSR count). The minimum Gasteiger partial charge on any atom is -0.342 e. The van der Waals surface area contributed by atoms with Crippen LogP contribution in [0.3, 0.4) is 0 Å². The van der Waals surface area contributed by atoms with Crippen LogP contribution in [0.15, 0.2) is 58.3 Å². The topological polar surface area (TPSA) is 105 Å². The number of rotatable bonds is 8. The molecule has 8 nitrogen and oxygen atoms in total. The van der Waals surface area contributed by atoms with Crippen LogP contribution in [0, 0.1) is 13.8 Å². The molecule has 0 bridgehead atoms. The third-order valence-electron chi connectivity index (χ3n) is 4.68. The highest BCUT2D eigenvalue weighted by molar-refractivity contribution is 7.87. The largest absolute Gasteiger partial charge is 0.342 e. The third-order valence-corrected chi connectivity index (χ3v) is 7.27. The van der Waals surface area contributed by atoms with Gasteiger partial charge in [-0.15, -0.1) is 0 Å². The second-order valence-corrected chi connectivity index (χ2v) is 11.0. The van der Waals surface area contributed by atoms with E-state index >= 15 is 0 Å². The summed E-state index contributed by atoms with van der Waals surface area (Å²) in [6.45, 7) is 6.28. The lowest BCUT2D eigenvalue weighted by molar-refractivity contribution is -0.150. The first kappa shape index (κ1) is 23.8. The lowest BCUT2D eigenvalue weighted by Crippen LogP contribution is -2.33. The summed E-state index contributed by atoms with van der Waals surface area (Å²) in [5.74, 6) is -1.05. The summed E-state index contributed by atoms with van der Waals surface area (Å²) in [5.41, 5.74) is 1.83. The van der Waals surface area contributed by atoms with Gasteiger partial charge in [-0.1, -0.05) is 35.4 Å². The molecule has 1 aliphatic rings. The van der Waals surface area contributed by atoms with Gasteiger partial charge in [0, 0.05) is 0 Å². The Balaban J connectivity index is 1.67. The SMILES string of the molecule is Cc1ccc(S(=O)(=O)O[14CH2][C@@H]2OC(C)(C)O[C@@H]2[14CH2]OS(=O)(=O)c2ccc(C)cc2)cc1. The zero-order valence-electron chi connectivity index (χ0n) is 17.8. The van der Waals surface area contributed by atoms with Crippen molar-refractivity contribution in [2.75, 3.05) is 13.2 Å². The first-order chi connectivity index (χ1) is 14.4. The van der Waals surface area contributed by atoms with E-state index in [-0.39, 0.29) is 23.0 Å². The molecule has 1 heterocycles. The Bertz CT molecular complexity index is 1020. The van der Waals surface area contributed by atoms with E-state index in [1.165, 1.54) is 24.3 Å². The second-order valence-electron chi connectivity index (χ2n) is 7.82. The van der Waals surface area contributed by atoms with E-state index in [1.54, 1.807) is 38.1 Å². The Morgan fingerprint density at radius 3 is 1.35 bits per heavy atom. The molecule has 1 saturated heterocycles. The first-order valence-electron chi connectivity index (χ1n) is 9.66. The van der Waals surface area contributed by atoms with Crippen LogP contribution in [0.5, 0.6) is 0 Å². The fourth-order valence-corrected chi connectivity index (χ4v) is 4.89. The van der Waals surface area contributed by atoms with Crippen LogP contribution in [-0.2, 0) is 38.1 Å². The summed E-state index contributed by atoms with van der Waals surface area (Å²) in [5, 5.41) is 0. The zero-order chi connectivity index (χ0) is 22.9. The molecule has 0 spiro atoms. The maximum Gasteiger partial charge on any atom is 0.297 e. The molecule has 0 unspecified atom stereocenters. The quantitative estimate of drug-likeness (QED) is 0.538. The summed E-state index contributed by atoms with van der Waals surface area (Å²) in [4.78, 5) is 0.0389. The third kappa shape index (κ3) is 6.12.